The van der Waals surface area contributed by atoms with Crippen LogP contribution in [0.5, 0.6) is 0 Å². The monoisotopic (exact) mass is 287 g/mol. The third kappa shape index (κ3) is 4.88. The number of esters is 1. The number of ether oxygens (including phenoxy) is 1. The summed E-state index contributed by atoms with van der Waals surface area (Å²) in [5.74, 6) is 0.0854. The van der Waals surface area contributed by atoms with Crippen molar-refractivity contribution in [3.05, 3.63) is 34.9 Å². The molecule has 0 aliphatic rings. The Morgan fingerprint density at radius 1 is 1.56 bits per heavy atom. The first-order chi connectivity index (χ1) is 8.54. The van der Waals surface area contributed by atoms with E-state index in [1.54, 1.807) is 6.92 Å². The Morgan fingerprint density at radius 3 is 2.83 bits per heavy atom. The van der Waals surface area contributed by atoms with Crippen molar-refractivity contribution in [2.24, 2.45) is 5.73 Å². The molecule has 3 nitrogen and oxygen atoms in total. The van der Waals surface area contributed by atoms with Crippen molar-refractivity contribution in [2.75, 3.05) is 12.4 Å². The highest BCUT2D eigenvalue weighted by Crippen LogP contribution is 2.32. The zero-order chi connectivity index (χ0) is 13.5. The molecule has 5 heteroatoms. The average molecular weight is 288 g/mol. The van der Waals surface area contributed by atoms with Crippen LogP contribution in [0, 0.1) is 0 Å². The number of nitrogens with two attached hydrogens (primary N) is 1. The molecule has 18 heavy (non-hydrogen) atoms. The number of rotatable bonds is 6. The van der Waals surface area contributed by atoms with Gasteiger partial charge in [0.25, 0.3) is 0 Å². The van der Waals surface area contributed by atoms with Crippen LogP contribution in [-0.2, 0) is 9.53 Å². The van der Waals surface area contributed by atoms with Crippen LogP contribution in [0.2, 0.25) is 5.02 Å². The van der Waals surface area contributed by atoms with E-state index in [-0.39, 0.29) is 17.3 Å². The standard InChI is InChI=1S/C13H18ClNO2S/c1-3-17-12(16)8-18-13(9(2)15)10-5-4-6-11(14)7-10/h4-7,9,13H,3,8,15H2,1-2H3. The molecule has 2 N–H and O–H groups in total. The van der Waals surface area contributed by atoms with E-state index in [0.29, 0.717) is 17.4 Å². The Balaban J connectivity index is 2.69. The Morgan fingerprint density at radius 2 is 2.28 bits per heavy atom. The molecule has 1 rings (SSSR count). The van der Waals surface area contributed by atoms with E-state index in [1.807, 2.05) is 31.2 Å². The molecule has 100 valence electrons. The van der Waals surface area contributed by atoms with E-state index in [4.69, 9.17) is 22.1 Å². The fraction of sp³-hybridized carbons (Fsp3) is 0.462. The largest absolute Gasteiger partial charge is 0.465 e. The number of halogens is 1. The number of carbonyl (C=O) groups is 1. The van der Waals surface area contributed by atoms with Gasteiger partial charge in [0.2, 0.25) is 0 Å². The molecule has 0 saturated carbocycles. The van der Waals surface area contributed by atoms with E-state index in [1.165, 1.54) is 11.8 Å². The maximum atomic E-state index is 11.4. The van der Waals surface area contributed by atoms with Crippen molar-refractivity contribution >= 4 is 29.3 Å². The van der Waals surface area contributed by atoms with Gasteiger partial charge in [-0.2, -0.15) is 0 Å². The summed E-state index contributed by atoms with van der Waals surface area (Å²) in [6.45, 7) is 4.12. The van der Waals surface area contributed by atoms with Crippen molar-refractivity contribution in [3.63, 3.8) is 0 Å². The molecular weight excluding hydrogens is 270 g/mol. The summed E-state index contributed by atoms with van der Waals surface area (Å²) in [6, 6.07) is 7.49. The zero-order valence-corrected chi connectivity index (χ0v) is 12.1. The lowest BCUT2D eigenvalue weighted by molar-refractivity contribution is -0.139. The third-order valence-corrected chi connectivity index (χ3v) is 4.04. The predicted molar refractivity (Wildman–Crippen MR) is 76.9 cm³/mol. The molecule has 2 atom stereocenters. The molecule has 0 fully saturated rings. The summed E-state index contributed by atoms with van der Waals surface area (Å²) in [7, 11) is 0. The van der Waals surface area contributed by atoms with Crippen LogP contribution >= 0.6 is 23.4 Å². The Labute approximate surface area is 117 Å². The number of thioether (sulfide) groups is 1. The first kappa shape index (κ1) is 15.3. The molecule has 0 aliphatic heterocycles. The molecule has 1 aromatic carbocycles. The minimum absolute atomic E-state index is 0.0353. The highest BCUT2D eigenvalue weighted by Gasteiger charge is 2.18. The van der Waals surface area contributed by atoms with Crippen molar-refractivity contribution in [3.8, 4) is 0 Å². The summed E-state index contributed by atoms with van der Waals surface area (Å²) in [4.78, 5) is 11.4. The fourth-order valence-electron chi connectivity index (χ4n) is 1.60. The summed E-state index contributed by atoms with van der Waals surface area (Å²) in [5, 5.41) is 0.711. The number of carbonyl (C=O) groups excluding carboxylic acids is 1. The van der Waals surface area contributed by atoms with Gasteiger partial charge in [-0.15, -0.1) is 11.8 Å². The summed E-state index contributed by atoms with van der Waals surface area (Å²) in [5.41, 5.74) is 7.00. The Hall–Kier alpha value is -0.710. The van der Waals surface area contributed by atoms with Gasteiger partial charge in [0, 0.05) is 16.3 Å². The van der Waals surface area contributed by atoms with E-state index in [0.717, 1.165) is 5.56 Å². The molecule has 0 bridgehead atoms. The molecule has 0 spiro atoms. The van der Waals surface area contributed by atoms with Crippen molar-refractivity contribution in [1.82, 2.24) is 0 Å². The Kier molecular flexibility index (Phi) is 6.54. The van der Waals surface area contributed by atoms with Crippen LogP contribution in [0.25, 0.3) is 0 Å². The summed E-state index contributed by atoms with van der Waals surface area (Å²) < 4.78 is 4.90. The lowest BCUT2D eigenvalue weighted by atomic mass is 10.1. The normalized spacial score (nSPS) is 14.0. The molecule has 1 aromatic rings. The van der Waals surface area contributed by atoms with Crippen LogP contribution in [-0.4, -0.2) is 24.4 Å². The number of hydrogen-bond acceptors (Lipinski definition) is 4. The van der Waals surface area contributed by atoms with E-state index in [2.05, 4.69) is 0 Å². The van der Waals surface area contributed by atoms with Gasteiger partial charge in [-0.3, -0.25) is 4.79 Å². The summed E-state index contributed by atoms with van der Waals surface area (Å²) in [6.07, 6.45) is 0. The van der Waals surface area contributed by atoms with E-state index >= 15 is 0 Å². The quantitative estimate of drug-likeness (QED) is 0.817. The lowest BCUT2D eigenvalue weighted by Gasteiger charge is -2.20. The maximum Gasteiger partial charge on any atom is 0.315 e. The van der Waals surface area contributed by atoms with Gasteiger partial charge in [-0.1, -0.05) is 23.7 Å². The fourth-order valence-corrected chi connectivity index (χ4v) is 2.84. The van der Waals surface area contributed by atoms with Crippen LogP contribution in [0.15, 0.2) is 24.3 Å². The van der Waals surface area contributed by atoms with Crippen LogP contribution < -0.4 is 5.73 Å². The zero-order valence-electron chi connectivity index (χ0n) is 10.6. The molecule has 0 saturated heterocycles. The van der Waals surface area contributed by atoms with Crippen LogP contribution in [0.1, 0.15) is 24.7 Å². The SMILES string of the molecule is CCOC(=O)CSC(c1cccc(Cl)c1)C(C)N. The van der Waals surface area contributed by atoms with E-state index in [9.17, 15) is 4.79 Å². The lowest BCUT2D eigenvalue weighted by Crippen LogP contribution is -2.24. The minimum atomic E-state index is -0.213. The summed E-state index contributed by atoms with van der Waals surface area (Å²) >= 11 is 7.45. The number of hydrogen-bond donors (Lipinski definition) is 1. The molecule has 0 radical (unpaired) electrons. The van der Waals surface area contributed by atoms with Gasteiger partial charge >= 0.3 is 5.97 Å². The molecular formula is C13H18ClNO2S. The van der Waals surface area contributed by atoms with Gasteiger partial charge in [-0.05, 0) is 31.5 Å². The third-order valence-electron chi connectivity index (χ3n) is 2.34. The highest BCUT2D eigenvalue weighted by atomic mass is 35.5. The van der Waals surface area contributed by atoms with Crippen molar-refractivity contribution in [2.45, 2.75) is 25.1 Å². The second kappa shape index (κ2) is 7.67. The molecule has 0 heterocycles. The van der Waals surface area contributed by atoms with E-state index < -0.39 is 0 Å². The van der Waals surface area contributed by atoms with Crippen molar-refractivity contribution in [1.29, 1.82) is 0 Å². The first-order valence-electron chi connectivity index (χ1n) is 5.83. The smallest absolute Gasteiger partial charge is 0.315 e. The van der Waals surface area contributed by atoms with Crippen molar-refractivity contribution < 1.29 is 9.53 Å². The molecule has 0 aliphatic carbocycles. The van der Waals surface area contributed by atoms with Crippen LogP contribution in [0.3, 0.4) is 0 Å². The van der Waals surface area contributed by atoms with Gasteiger partial charge < -0.3 is 10.5 Å². The first-order valence-corrected chi connectivity index (χ1v) is 7.25. The molecule has 0 aromatic heterocycles. The second-order valence-electron chi connectivity index (χ2n) is 3.95. The van der Waals surface area contributed by atoms with Gasteiger partial charge in [-0.25, -0.2) is 0 Å². The number of benzene rings is 1. The minimum Gasteiger partial charge on any atom is -0.465 e. The molecule has 2 unspecified atom stereocenters. The van der Waals surface area contributed by atoms with Gasteiger partial charge in [0.1, 0.15) is 0 Å². The van der Waals surface area contributed by atoms with Crippen LogP contribution in [0.4, 0.5) is 0 Å². The Bertz CT molecular complexity index is 398. The average Bonchev–Trinajstić information content (AvgIpc) is 2.29. The predicted octanol–water partition coefficient (Wildman–Crippen LogP) is 3.02. The van der Waals surface area contributed by atoms with Gasteiger partial charge in [0.15, 0.2) is 0 Å². The topological polar surface area (TPSA) is 52.3 Å². The molecule has 0 amide bonds. The van der Waals surface area contributed by atoms with Gasteiger partial charge in [0.05, 0.1) is 12.4 Å². The highest BCUT2D eigenvalue weighted by molar-refractivity contribution is 8.00. The second-order valence-corrected chi connectivity index (χ2v) is 5.52. The maximum absolute atomic E-state index is 11.4.